The molecule has 1 aliphatic rings. The summed E-state index contributed by atoms with van der Waals surface area (Å²) >= 11 is 0. The molecular weight excluding hydrogens is 472 g/mol. The summed E-state index contributed by atoms with van der Waals surface area (Å²) in [6.07, 6.45) is -9.56. The molecule has 0 spiro atoms. The van der Waals surface area contributed by atoms with Crippen molar-refractivity contribution >= 4 is 16.9 Å². The van der Waals surface area contributed by atoms with Crippen molar-refractivity contribution in [1.29, 1.82) is 0 Å². The van der Waals surface area contributed by atoms with Crippen molar-refractivity contribution < 1.29 is 59.2 Å². The van der Waals surface area contributed by atoms with E-state index >= 15 is 0 Å². The Morgan fingerprint density at radius 1 is 0.971 bits per heavy atom. The van der Waals surface area contributed by atoms with E-state index in [1.165, 1.54) is 12.1 Å². The molecule has 1 aromatic heterocycles. The van der Waals surface area contributed by atoms with Crippen molar-refractivity contribution in [2.45, 2.75) is 30.7 Å². The average molecular weight is 492 g/mol. The lowest BCUT2D eigenvalue weighted by molar-refractivity contribution is -0.271. The summed E-state index contributed by atoms with van der Waals surface area (Å²) in [6.45, 7) is 0. The molecule has 0 radical (unpaired) electrons. The van der Waals surface area contributed by atoms with Crippen LogP contribution in [-0.4, -0.2) is 79.5 Å². The van der Waals surface area contributed by atoms with Gasteiger partial charge in [0.05, 0.1) is 7.11 Å². The molecule has 186 valence electrons. The van der Waals surface area contributed by atoms with Crippen LogP contribution < -0.4 is 14.9 Å². The van der Waals surface area contributed by atoms with E-state index in [9.17, 15) is 45.3 Å². The smallest absolute Gasteiger partial charge is 0.335 e. The van der Waals surface area contributed by atoms with E-state index in [4.69, 9.17) is 18.6 Å². The van der Waals surface area contributed by atoms with Crippen LogP contribution in [0.3, 0.4) is 0 Å². The van der Waals surface area contributed by atoms with E-state index < -0.39 is 59.4 Å². The predicted molar refractivity (Wildman–Crippen MR) is 114 cm³/mol. The zero-order chi connectivity index (χ0) is 25.6. The summed E-state index contributed by atoms with van der Waals surface area (Å²) in [7, 11) is 1.14. The zero-order valence-corrected chi connectivity index (χ0v) is 17.9. The maximum atomic E-state index is 12.7. The average Bonchev–Trinajstić information content (AvgIpc) is 2.80. The fraction of sp³-hybridized carbons (Fsp3) is 0.273. The number of methoxy groups -OCH3 is 1. The minimum atomic E-state index is -1.95. The van der Waals surface area contributed by atoms with E-state index in [2.05, 4.69) is 0 Å². The van der Waals surface area contributed by atoms with Crippen LogP contribution in [0.1, 0.15) is 0 Å². The molecule has 1 saturated heterocycles. The normalized spacial score (nSPS) is 24.3. The summed E-state index contributed by atoms with van der Waals surface area (Å²) in [4.78, 5) is 24.1. The van der Waals surface area contributed by atoms with Crippen molar-refractivity contribution in [3.05, 3.63) is 40.6 Å². The van der Waals surface area contributed by atoms with Crippen LogP contribution in [0.15, 0.2) is 39.5 Å². The number of phenols is 3. The molecule has 0 unspecified atom stereocenters. The molecule has 13 nitrogen and oxygen atoms in total. The second-order valence-corrected chi connectivity index (χ2v) is 7.66. The van der Waals surface area contributed by atoms with Gasteiger partial charge < -0.3 is 54.4 Å². The fourth-order valence-electron chi connectivity index (χ4n) is 3.64. The first-order chi connectivity index (χ1) is 16.5. The highest BCUT2D eigenvalue weighted by Crippen LogP contribution is 2.43. The largest absolute Gasteiger partial charge is 0.504 e. The monoisotopic (exact) mass is 492 g/mol. The highest BCUT2D eigenvalue weighted by Gasteiger charge is 2.48. The second-order valence-electron chi connectivity index (χ2n) is 7.66. The van der Waals surface area contributed by atoms with Crippen LogP contribution in [0.2, 0.25) is 0 Å². The number of carbonyl (C=O) groups is 1. The number of rotatable bonds is 5. The van der Waals surface area contributed by atoms with E-state index in [0.717, 1.165) is 25.3 Å². The number of carboxylic acids is 1. The van der Waals surface area contributed by atoms with Gasteiger partial charge in [-0.05, 0) is 18.2 Å². The Balaban J connectivity index is 1.81. The molecule has 1 aliphatic heterocycles. The second kappa shape index (κ2) is 8.96. The Morgan fingerprint density at radius 2 is 1.69 bits per heavy atom. The van der Waals surface area contributed by atoms with Gasteiger partial charge in [0, 0.05) is 17.7 Å². The van der Waals surface area contributed by atoms with Crippen LogP contribution >= 0.6 is 0 Å². The summed E-state index contributed by atoms with van der Waals surface area (Å²) in [5, 5.41) is 68.9. The van der Waals surface area contributed by atoms with Crippen molar-refractivity contribution in [2.24, 2.45) is 0 Å². The molecule has 1 fully saturated rings. The van der Waals surface area contributed by atoms with Gasteiger partial charge >= 0.3 is 5.97 Å². The lowest BCUT2D eigenvalue weighted by Crippen LogP contribution is -2.61. The molecule has 2 heterocycles. The SMILES string of the molecule is COc1c(O[C@@H]2O[C@H](C(=O)O)[C@@H](O)[C@H](O)[C@H]2O)cc2oc(-c3ccc(O)c(O)c3)cc(=O)c2c1O. The Morgan fingerprint density at radius 3 is 2.31 bits per heavy atom. The van der Waals surface area contributed by atoms with Crippen LogP contribution in [0.4, 0.5) is 0 Å². The topological polar surface area (TPSA) is 217 Å². The number of carboxylic acid groups (broad SMARTS) is 1. The first-order valence-corrected chi connectivity index (χ1v) is 10.0. The predicted octanol–water partition coefficient (Wildman–Crippen LogP) is -0.144. The molecule has 3 aromatic rings. The van der Waals surface area contributed by atoms with Gasteiger partial charge in [0.15, 0.2) is 34.5 Å². The molecule has 2 aromatic carbocycles. The van der Waals surface area contributed by atoms with E-state index in [1.807, 2.05) is 0 Å². The number of phenolic OH excluding ortho intramolecular Hbond substituents is 3. The molecule has 0 saturated carbocycles. The third-order valence-corrected chi connectivity index (χ3v) is 5.43. The Kier molecular flexibility index (Phi) is 6.17. The van der Waals surface area contributed by atoms with Gasteiger partial charge in [-0.25, -0.2) is 4.79 Å². The lowest BCUT2D eigenvalue weighted by atomic mass is 9.99. The minimum absolute atomic E-state index is 0.0493. The van der Waals surface area contributed by atoms with E-state index in [0.29, 0.717) is 0 Å². The van der Waals surface area contributed by atoms with E-state index in [1.54, 1.807) is 0 Å². The molecule has 35 heavy (non-hydrogen) atoms. The molecule has 0 bridgehead atoms. The summed E-state index contributed by atoms with van der Waals surface area (Å²) in [5.74, 6) is -3.98. The maximum absolute atomic E-state index is 12.7. The first kappa shape index (κ1) is 24.1. The fourth-order valence-corrected chi connectivity index (χ4v) is 3.64. The number of fused-ring (bicyclic) bond motifs is 1. The maximum Gasteiger partial charge on any atom is 0.335 e. The van der Waals surface area contributed by atoms with Gasteiger partial charge in [0.1, 0.15) is 35.0 Å². The number of hydrogen-bond acceptors (Lipinski definition) is 12. The Labute approximate surface area is 195 Å². The van der Waals surface area contributed by atoms with Crippen molar-refractivity contribution in [3.8, 4) is 40.1 Å². The number of aliphatic hydroxyl groups excluding tert-OH is 3. The van der Waals surface area contributed by atoms with Crippen molar-refractivity contribution in [1.82, 2.24) is 0 Å². The van der Waals surface area contributed by atoms with Crippen LogP contribution in [0.25, 0.3) is 22.3 Å². The Bertz CT molecular complexity index is 1350. The van der Waals surface area contributed by atoms with Crippen LogP contribution in [0.5, 0.6) is 28.7 Å². The quantitative estimate of drug-likeness (QED) is 0.231. The van der Waals surface area contributed by atoms with Crippen LogP contribution in [-0.2, 0) is 9.53 Å². The standard InChI is InChI=1S/C22H20O13/c1-32-19-13(34-22-18(29)16(27)17(28)20(35-22)21(30)31)6-12-14(15(19)26)10(25)5-11(33-12)7-2-3-8(23)9(24)4-7/h2-6,16-18,20,22-24,26-29H,1H3,(H,30,31)/t16-,17-,18+,20-,22+/m0/s1. The number of ether oxygens (including phenoxy) is 3. The highest BCUT2D eigenvalue weighted by molar-refractivity contribution is 5.89. The van der Waals surface area contributed by atoms with Gasteiger partial charge in [-0.15, -0.1) is 0 Å². The number of hydrogen-bond donors (Lipinski definition) is 7. The van der Waals surface area contributed by atoms with Gasteiger partial charge in [-0.1, -0.05) is 0 Å². The number of aromatic hydroxyl groups is 3. The molecule has 4 rings (SSSR count). The molecule has 0 amide bonds. The van der Waals surface area contributed by atoms with E-state index in [-0.39, 0.29) is 33.8 Å². The molecule has 13 heteroatoms. The van der Waals surface area contributed by atoms with Crippen molar-refractivity contribution in [3.63, 3.8) is 0 Å². The molecular formula is C22H20O13. The minimum Gasteiger partial charge on any atom is -0.504 e. The third kappa shape index (κ3) is 4.17. The highest BCUT2D eigenvalue weighted by atomic mass is 16.7. The number of benzene rings is 2. The summed E-state index contributed by atoms with van der Waals surface area (Å²) in [6, 6.07) is 5.82. The van der Waals surface area contributed by atoms with Crippen molar-refractivity contribution in [2.75, 3.05) is 7.11 Å². The molecule has 7 N–H and O–H groups in total. The molecule has 5 atom stereocenters. The summed E-state index contributed by atoms with van der Waals surface area (Å²) in [5.41, 5.74) is -0.715. The number of aliphatic carboxylic acids is 1. The summed E-state index contributed by atoms with van der Waals surface area (Å²) < 4.78 is 21.3. The van der Waals surface area contributed by atoms with Gasteiger partial charge in [0.2, 0.25) is 12.0 Å². The van der Waals surface area contributed by atoms with Crippen LogP contribution in [0, 0.1) is 0 Å². The molecule has 0 aliphatic carbocycles. The third-order valence-electron chi connectivity index (χ3n) is 5.43. The first-order valence-electron chi connectivity index (χ1n) is 10.0. The van der Waals surface area contributed by atoms with Gasteiger partial charge in [0.25, 0.3) is 0 Å². The lowest BCUT2D eigenvalue weighted by Gasteiger charge is -2.38. The Hall–Kier alpha value is -4.04. The number of aliphatic hydroxyl groups is 3. The van der Waals surface area contributed by atoms with Gasteiger partial charge in [-0.3, -0.25) is 4.79 Å². The van der Waals surface area contributed by atoms with Gasteiger partial charge in [-0.2, -0.15) is 0 Å². The zero-order valence-electron chi connectivity index (χ0n) is 17.9.